The van der Waals surface area contributed by atoms with Crippen LogP contribution in [-0.4, -0.2) is 16.2 Å². The van der Waals surface area contributed by atoms with Gasteiger partial charge < -0.3 is 4.98 Å². The van der Waals surface area contributed by atoms with Crippen molar-refractivity contribution in [3.05, 3.63) is 24.0 Å². The highest BCUT2D eigenvalue weighted by molar-refractivity contribution is 7.98. The van der Waals surface area contributed by atoms with Gasteiger partial charge in [0.25, 0.3) is 0 Å². The molecule has 2 aromatic rings. The Kier molecular flexibility index (Phi) is 1.95. The molecule has 0 aliphatic carbocycles. The molecule has 1 aromatic carbocycles. The van der Waals surface area contributed by atoms with Gasteiger partial charge in [-0.1, -0.05) is 0 Å². The molecule has 0 aliphatic rings. The van der Waals surface area contributed by atoms with Crippen LogP contribution in [-0.2, 0) is 0 Å². The first kappa shape index (κ1) is 8.14. The smallest absolute Gasteiger partial charge is 0.103 e. The van der Waals surface area contributed by atoms with Crippen LogP contribution < -0.4 is 0 Å². The molecule has 0 saturated carbocycles. The van der Waals surface area contributed by atoms with Gasteiger partial charge in [0, 0.05) is 0 Å². The summed E-state index contributed by atoms with van der Waals surface area (Å²) in [5, 5.41) is 8.85. The van der Waals surface area contributed by atoms with Crippen LogP contribution in [0.4, 0.5) is 0 Å². The molecule has 64 valence electrons. The van der Waals surface area contributed by atoms with Crippen LogP contribution in [0.5, 0.6) is 0 Å². The van der Waals surface area contributed by atoms with Crippen LogP contribution in [0.25, 0.3) is 11.0 Å². The van der Waals surface area contributed by atoms with E-state index >= 15 is 0 Å². The fourth-order valence-corrected chi connectivity index (χ4v) is 1.97. The van der Waals surface area contributed by atoms with Crippen molar-refractivity contribution in [1.29, 1.82) is 5.26 Å². The van der Waals surface area contributed by atoms with Crippen LogP contribution in [0, 0.1) is 11.3 Å². The maximum atomic E-state index is 8.85. The van der Waals surface area contributed by atoms with E-state index in [1.54, 1.807) is 18.1 Å². The first-order valence-corrected chi connectivity index (χ1v) is 4.99. The largest absolute Gasteiger partial charge is 0.345 e. The summed E-state index contributed by atoms with van der Waals surface area (Å²) in [5.74, 6) is 0. The van der Waals surface area contributed by atoms with Gasteiger partial charge in [-0.25, -0.2) is 4.98 Å². The summed E-state index contributed by atoms with van der Waals surface area (Å²) in [4.78, 5) is 8.13. The molecular weight excluding hydrogens is 182 g/mol. The number of imidazole rings is 1. The Balaban J connectivity index is 2.84. The number of thioether (sulfide) groups is 1. The molecule has 3 nitrogen and oxygen atoms in total. The molecule has 0 radical (unpaired) electrons. The summed E-state index contributed by atoms with van der Waals surface area (Å²) >= 11 is 1.55. The summed E-state index contributed by atoms with van der Waals surface area (Å²) in [6, 6.07) is 5.84. The quantitative estimate of drug-likeness (QED) is 0.699. The topological polar surface area (TPSA) is 52.5 Å². The van der Waals surface area contributed by atoms with Crippen molar-refractivity contribution >= 4 is 22.8 Å². The van der Waals surface area contributed by atoms with Gasteiger partial charge in [0.1, 0.15) is 11.6 Å². The van der Waals surface area contributed by atoms with Gasteiger partial charge in [0.2, 0.25) is 0 Å². The van der Waals surface area contributed by atoms with E-state index in [9.17, 15) is 0 Å². The van der Waals surface area contributed by atoms with Crippen LogP contribution >= 0.6 is 11.8 Å². The van der Waals surface area contributed by atoms with E-state index in [1.807, 2.05) is 18.4 Å². The lowest BCUT2D eigenvalue weighted by Crippen LogP contribution is -1.82. The van der Waals surface area contributed by atoms with Gasteiger partial charge >= 0.3 is 0 Å². The predicted molar refractivity (Wildman–Crippen MR) is 52.6 cm³/mol. The van der Waals surface area contributed by atoms with Crippen molar-refractivity contribution in [2.45, 2.75) is 4.90 Å². The molecule has 0 saturated heterocycles. The number of nitriles is 1. The summed E-state index contributed by atoms with van der Waals surface area (Å²) in [6.07, 6.45) is 3.59. The molecule has 2 rings (SSSR count). The molecule has 0 aliphatic heterocycles. The standard InChI is InChI=1S/C9H7N3S/c1-13-9-6(4-10)2-3-7-8(9)12-5-11-7/h2-3,5H,1H3,(H,11,12). The highest BCUT2D eigenvalue weighted by Gasteiger charge is 2.07. The van der Waals surface area contributed by atoms with E-state index in [4.69, 9.17) is 5.26 Å². The zero-order chi connectivity index (χ0) is 9.26. The summed E-state index contributed by atoms with van der Waals surface area (Å²) in [7, 11) is 0. The number of fused-ring (bicyclic) bond motifs is 1. The number of rotatable bonds is 1. The number of aromatic nitrogens is 2. The monoisotopic (exact) mass is 189 g/mol. The van der Waals surface area contributed by atoms with Gasteiger partial charge in [-0.3, -0.25) is 0 Å². The summed E-state index contributed by atoms with van der Waals surface area (Å²) in [5.41, 5.74) is 2.54. The second kappa shape index (κ2) is 3.11. The molecule has 4 heteroatoms. The number of benzene rings is 1. The first-order chi connectivity index (χ1) is 6.36. The van der Waals surface area contributed by atoms with E-state index < -0.39 is 0 Å². The SMILES string of the molecule is CSc1c(C#N)ccc2[nH]cnc12. The minimum Gasteiger partial charge on any atom is -0.345 e. The number of nitrogens with zero attached hydrogens (tertiary/aromatic N) is 2. The fraction of sp³-hybridized carbons (Fsp3) is 0.111. The second-order valence-electron chi connectivity index (χ2n) is 2.56. The summed E-state index contributed by atoms with van der Waals surface area (Å²) < 4.78 is 0. The van der Waals surface area contributed by atoms with E-state index in [0.717, 1.165) is 15.9 Å². The van der Waals surface area contributed by atoms with Crippen molar-refractivity contribution in [1.82, 2.24) is 9.97 Å². The Morgan fingerprint density at radius 1 is 1.54 bits per heavy atom. The van der Waals surface area contributed by atoms with Crippen LogP contribution in [0.15, 0.2) is 23.4 Å². The lowest BCUT2D eigenvalue weighted by Gasteiger charge is -1.99. The Bertz CT molecular complexity index is 481. The molecule has 0 unspecified atom stereocenters. The third kappa shape index (κ3) is 1.18. The lowest BCUT2D eigenvalue weighted by molar-refractivity contribution is 1.33. The number of nitrogens with one attached hydrogen (secondary N) is 1. The molecule has 0 atom stereocenters. The number of H-pyrrole nitrogens is 1. The maximum Gasteiger partial charge on any atom is 0.103 e. The average Bonchev–Trinajstić information content (AvgIpc) is 2.63. The normalized spacial score (nSPS) is 10.2. The van der Waals surface area contributed by atoms with Crippen molar-refractivity contribution in [2.24, 2.45) is 0 Å². The van der Waals surface area contributed by atoms with Crippen molar-refractivity contribution in [3.63, 3.8) is 0 Å². The van der Waals surface area contributed by atoms with E-state index in [2.05, 4.69) is 16.0 Å². The van der Waals surface area contributed by atoms with Crippen molar-refractivity contribution in [3.8, 4) is 6.07 Å². The Labute approximate surface area is 79.8 Å². The zero-order valence-electron chi connectivity index (χ0n) is 7.03. The van der Waals surface area contributed by atoms with Crippen molar-refractivity contribution in [2.75, 3.05) is 6.26 Å². The van der Waals surface area contributed by atoms with Crippen molar-refractivity contribution < 1.29 is 0 Å². The molecule has 0 bridgehead atoms. The Morgan fingerprint density at radius 2 is 2.38 bits per heavy atom. The second-order valence-corrected chi connectivity index (χ2v) is 3.37. The number of aromatic amines is 1. The molecule has 0 fully saturated rings. The fourth-order valence-electron chi connectivity index (χ4n) is 1.28. The molecule has 1 N–H and O–H groups in total. The molecule has 0 spiro atoms. The van der Waals surface area contributed by atoms with E-state index in [1.165, 1.54) is 0 Å². The van der Waals surface area contributed by atoms with Gasteiger partial charge in [0.15, 0.2) is 0 Å². The molecule has 13 heavy (non-hydrogen) atoms. The molecule has 0 amide bonds. The van der Waals surface area contributed by atoms with E-state index in [0.29, 0.717) is 5.56 Å². The van der Waals surface area contributed by atoms with E-state index in [-0.39, 0.29) is 0 Å². The zero-order valence-corrected chi connectivity index (χ0v) is 7.85. The third-order valence-electron chi connectivity index (χ3n) is 1.87. The maximum absolute atomic E-state index is 8.85. The van der Waals surface area contributed by atoms with Crippen LogP contribution in [0.2, 0.25) is 0 Å². The summed E-state index contributed by atoms with van der Waals surface area (Å²) in [6.45, 7) is 0. The minimum absolute atomic E-state index is 0.687. The molecule has 1 heterocycles. The lowest BCUT2D eigenvalue weighted by atomic mass is 10.2. The van der Waals surface area contributed by atoms with Gasteiger partial charge in [-0.2, -0.15) is 5.26 Å². The van der Waals surface area contributed by atoms with Crippen LogP contribution in [0.3, 0.4) is 0 Å². The Morgan fingerprint density at radius 3 is 3.08 bits per heavy atom. The average molecular weight is 189 g/mol. The number of hydrogen-bond acceptors (Lipinski definition) is 3. The van der Waals surface area contributed by atoms with Gasteiger partial charge in [-0.15, -0.1) is 11.8 Å². The van der Waals surface area contributed by atoms with Gasteiger partial charge in [0.05, 0.1) is 22.3 Å². The number of hydrogen-bond donors (Lipinski definition) is 1. The van der Waals surface area contributed by atoms with Crippen LogP contribution in [0.1, 0.15) is 5.56 Å². The predicted octanol–water partition coefficient (Wildman–Crippen LogP) is 2.16. The highest BCUT2D eigenvalue weighted by Crippen LogP contribution is 2.27. The highest BCUT2D eigenvalue weighted by atomic mass is 32.2. The first-order valence-electron chi connectivity index (χ1n) is 3.77. The minimum atomic E-state index is 0.687. The molecule has 1 aromatic heterocycles. The third-order valence-corrected chi connectivity index (χ3v) is 2.69. The van der Waals surface area contributed by atoms with Gasteiger partial charge in [-0.05, 0) is 18.4 Å². The molecular formula is C9H7N3S. The Hall–Kier alpha value is -1.47.